The molecule has 1 heterocycles. The van der Waals surface area contributed by atoms with E-state index in [4.69, 9.17) is 42.5 Å². The summed E-state index contributed by atoms with van der Waals surface area (Å²) in [5, 5.41) is 19.2. The van der Waals surface area contributed by atoms with Crippen molar-refractivity contribution < 1.29 is 29.2 Å². The highest BCUT2D eigenvalue weighted by molar-refractivity contribution is 6.42. The predicted molar refractivity (Wildman–Crippen MR) is 121 cm³/mol. The van der Waals surface area contributed by atoms with Gasteiger partial charge in [0, 0.05) is 0 Å². The van der Waals surface area contributed by atoms with Crippen molar-refractivity contribution in [2.75, 3.05) is 6.61 Å². The molecule has 0 saturated heterocycles. The van der Waals surface area contributed by atoms with Crippen LogP contribution in [0.3, 0.4) is 0 Å². The third-order valence-corrected chi connectivity index (χ3v) is 5.53. The summed E-state index contributed by atoms with van der Waals surface area (Å²) in [7, 11) is 0. The van der Waals surface area contributed by atoms with Crippen LogP contribution in [0.5, 0.6) is 17.2 Å². The topological polar surface area (TPSA) is 85.2 Å². The summed E-state index contributed by atoms with van der Waals surface area (Å²) in [6.45, 7) is 0.648. The normalized spacial score (nSPS) is 15.3. The quantitative estimate of drug-likeness (QED) is 0.334. The number of benzene rings is 3. The molecule has 32 heavy (non-hydrogen) atoms. The lowest BCUT2D eigenvalue weighted by atomic mass is 10.1. The maximum Gasteiger partial charge on any atom is 0.370 e. The number of carboxylic acid groups (broad SMARTS) is 1. The lowest BCUT2D eigenvalue weighted by Gasteiger charge is -2.27. The maximum absolute atomic E-state index is 10.8. The minimum Gasteiger partial charge on any atom is -0.502 e. The van der Waals surface area contributed by atoms with Gasteiger partial charge in [-0.05, 0) is 59.2 Å². The third-order valence-electron chi connectivity index (χ3n) is 4.79. The molecule has 0 saturated carbocycles. The Labute approximate surface area is 194 Å². The van der Waals surface area contributed by atoms with Gasteiger partial charge in [0.2, 0.25) is 5.76 Å². The molecule has 164 valence electrons. The first-order valence-corrected chi connectivity index (χ1v) is 10.4. The fourth-order valence-electron chi connectivity index (χ4n) is 3.14. The number of carbonyl (C=O) groups is 1. The number of aliphatic hydroxyl groups is 1. The Bertz CT molecular complexity index is 1170. The second kappa shape index (κ2) is 9.42. The number of hydrogen-bond donors (Lipinski definition) is 2. The number of halogens is 2. The van der Waals surface area contributed by atoms with E-state index in [2.05, 4.69) is 0 Å². The minimum atomic E-state index is -1.40. The first-order valence-electron chi connectivity index (χ1n) is 9.63. The highest BCUT2D eigenvalue weighted by Gasteiger charge is 2.23. The van der Waals surface area contributed by atoms with Gasteiger partial charge in [0.15, 0.2) is 17.6 Å². The van der Waals surface area contributed by atoms with Gasteiger partial charge in [0.25, 0.3) is 0 Å². The summed E-state index contributed by atoms with van der Waals surface area (Å²) in [5.74, 6) is -0.431. The molecule has 0 bridgehead atoms. The Morgan fingerprint density at radius 2 is 1.78 bits per heavy atom. The molecule has 0 spiro atoms. The van der Waals surface area contributed by atoms with Gasteiger partial charge in [-0.25, -0.2) is 4.79 Å². The first kappa shape index (κ1) is 21.9. The van der Waals surface area contributed by atoms with E-state index in [1.54, 1.807) is 30.3 Å². The van der Waals surface area contributed by atoms with Crippen LogP contribution in [0.2, 0.25) is 10.0 Å². The van der Waals surface area contributed by atoms with Gasteiger partial charge in [-0.3, -0.25) is 0 Å². The van der Waals surface area contributed by atoms with Gasteiger partial charge < -0.3 is 24.4 Å². The molecule has 4 rings (SSSR count). The predicted octanol–water partition coefficient (Wildman–Crippen LogP) is 6.07. The number of rotatable bonds is 6. The van der Waals surface area contributed by atoms with Crippen LogP contribution in [0, 0.1) is 0 Å². The summed E-state index contributed by atoms with van der Waals surface area (Å²) in [6.07, 6.45) is 0.842. The van der Waals surface area contributed by atoms with Crippen molar-refractivity contribution in [2.24, 2.45) is 0 Å². The fourth-order valence-corrected chi connectivity index (χ4v) is 3.46. The van der Waals surface area contributed by atoms with Crippen molar-refractivity contribution in [1.82, 2.24) is 0 Å². The molecule has 0 aliphatic carbocycles. The standard InChI is InChI=1S/C24H18Cl2O6/c25-18-7-1-15(9-19(18)26)12-30-17-5-3-16(4-6-17)23-13-31-22-11-14(2-8-21(22)32-23)10-20(27)24(28)29/h1-11,23,27H,12-13H2,(H,28,29). The Morgan fingerprint density at radius 1 is 1.00 bits per heavy atom. The second-order valence-corrected chi connectivity index (χ2v) is 7.88. The van der Waals surface area contributed by atoms with E-state index in [0.29, 0.717) is 39.5 Å². The van der Waals surface area contributed by atoms with Crippen molar-refractivity contribution in [3.05, 3.63) is 93.2 Å². The number of hydrogen-bond acceptors (Lipinski definition) is 5. The van der Waals surface area contributed by atoms with Crippen molar-refractivity contribution in [1.29, 1.82) is 0 Å². The van der Waals surface area contributed by atoms with Crippen LogP contribution in [-0.2, 0) is 11.4 Å². The lowest BCUT2D eigenvalue weighted by Crippen LogP contribution is -2.21. The van der Waals surface area contributed by atoms with Gasteiger partial charge in [-0.1, -0.05) is 47.5 Å². The molecule has 1 atom stereocenters. The zero-order valence-electron chi connectivity index (χ0n) is 16.6. The zero-order valence-corrected chi connectivity index (χ0v) is 18.1. The van der Waals surface area contributed by atoms with Crippen molar-refractivity contribution in [2.45, 2.75) is 12.7 Å². The summed E-state index contributed by atoms with van der Waals surface area (Å²) in [4.78, 5) is 10.8. The molecule has 3 aromatic carbocycles. The largest absolute Gasteiger partial charge is 0.502 e. The van der Waals surface area contributed by atoms with E-state index in [1.165, 1.54) is 0 Å². The van der Waals surface area contributed by atoms with Crippen LogP contribution in [0.15, 0.2) is 66.4 Å². The summed E-state index contributed by atoms with van der Waals surface area (Å²) < 4.78 is 17.6. The monoisotopic (exact) mass is 472 g/mol. The molecule has 1 unspecified atom stereocenters. The molecule has 0 amide bonds. The summed E-state index contributed by atoms with van der Waals surface area (Å²) in [5.41, 5.74) is 2.33. The SMILES string of the molecule is O=C(O)C(O)=Cc1ccc2c(c1)OCC(c1ccc(OCc3ccc(Cl)c(Cl)c3)cc1)O2. The average molecular weight is 473 g/mol. The molecule has 1 aliphatic heterocycles. The summed E-state index contributed by atoms with van der Waals surface area (Å²) >= 11 is 12.0. The highest BCUT2D eigenvalue weighted by atomic mass is 35.5. The Morgan fingerprint density at radius 3 is 2.50 bits per heavy atom. The van der Waals surface area contributed by atoms with E-state index in [-0.39, 0.29) is 12.7 Å². The highest BCUT2D eigenvalue weighted by Crippen LogP contribution is 2.37. The molecule has 8 heteroatoms. The lowest BCUT2D eigenvalue weighted by molar-refractivity contribution is -0.135. The summed E-state index contributed by atoms with van der Waals surface area (Å²) in [6, 6.07) is 17.8. The zero-order chi connectivity index (χ0) is 22.7. The number of ether oxygens (including phenoxy) is 3. The van der Waals surface area contributed by atoms with E-state index < -0.39 is 11.7 Å². The molecule has 0 aromatic heterocycles. The molecule has 0 fully saturated rings. The van der Waals surface area contributed by atoms with Gasteiger partial charge in [0.05, 0.1) is 10.0 Å². The molecular formula is C24H18Cl2O6. The Hall–Kier alpha value is -3.35. The Kier molecular flexibility index (Phi) is 6.44. The van der Waals surface area contributed by atoms with Gasteiger partial charge >= 0.3 is 5.97 Å². The van der Waals surface area contributed by atoms with Crippen LogP contribution in [0.4, 0.5) is 0 Å². The van der Waals surface area contributed by atoms with Crippen molar-refractivity contribution in [3.8, 4) is 17.2 Å². The van der Waals surface area contributed by atoms with Crippen molar-refractivity contribution in [3.63, 3.8) is 0 Å². The molecule has 2 N–H and O–H groups in total. The Balaban J connectivity index is 1.39. The average Bonchev–Trinajstić information content (AvgIpc) is 2.80. The number of fused-ring (bicyclic) bond motifs is 1. The number of aliphatic hydroxyl groups excluding tert-OH is 1. The molecule has 6 nitrogen and oxygen atoms in total. The van der Waals surface area contributed by atoms with E-state index in [0.717, 1.165) is 17.2 Å². The maximum atomic E-state index is 10.8. The van der Waals surface area contributed by atoms with Gasteiger partial charge in [-0.15, -0.1) is 0 Å². The smallest absolute Gasteiger partial charge is 0.370 e. The van der Waals surface area contributed by atoms with E-state index in [9.17, 15) is 9.90 Å². The fraction of sp³-hybridized carbons (Fsp3) is 0.125. The first-order chi connectivity index (χ1) is 15.4. The van der Waals surface area contributed by atoms with Crippen LogP contribution in [0.25, 0.3) is 6.08 Å². The third kappa shape index (κ3) is 5.10. The van der Waals surface area contributed by atoms with Crippen LogP contribution in [-0.4, -0.2) is 22.8 Å². The number of aliphatic carboxylic acids is 1. The van der Waals surface area contributed by atoms with E-state index in [1.807, 2.05) is 30.3 Å². The van der Waals surface area contributed by atoms with Crippen LogP contribution in [0.1, 0.15) is 22.8 Å². The van der Waals surface area contributed by atoms with Crippen LogP contribution < -0.4 is 14.2 Å². The van der Waals surface area contributed by atoms with Crippen molar-refractivity contribution >= 4 is 35.2 Å². The minimum absolute atomic E-state index is 0.286. The second-order valence-electron chi connectivity index (χ2n) is 7.06. The van der Waals surface area contributed by atoms with E-state index >= 15 is 0 Å². The molecular weight excluding hydrogens is 455 g/mol. The van der Waals surface area contributed by atoms with Crippen LogP contribution >= 0.6 is 23.2 Å². The van der Waals surface area contributed by atoms with Gasteiger partial charge in [-0.2, -0.15) is 0 Å². The van der Waals surface area contributed by atoms with Gasteiger partial charge in [0.1, 0.15) is 19.0 Å². The molecule has 0 radical (unpaired) electrons. The molecule has 1 aliphatic rings. The molecule has 3 aromatic rings. The number of carboxylic acids is 1.